The highest BCUT2D eigenvalue weighted by Gasteiger charge is 2.15. The molecule has 0 aromatic carbocycles. The standard InChI is InChI=1S/C14H14ClFN2OS/c1-8(5-11-4-3-9(2)20-11)18-14(19)12-6-10(16)7-17-13(12)15/h3-4,6-8H,5H2,1-2H3,(H,18,19). The molecular weight excluding hydrogens is 299 g/mol. The first kappa shape index (κ1) is 14.9. The van der Waals surface area contributed by atoms with Crippen LogP contribution in [0.4, 0.5) is 4.39 Å². The Morgan fingerprint density at radius 2 is 2.30 bits per heavy atom. The van der Waals surface area contributed by atoms with Crippen molar-refractivity contribution in [3.63, 3.8) is 0 Å². The van der Waals surface area contributed by atoms with Crippen LogP contribution in [-0.2, 0) is 6.42 Å². The maximum Gasteiger partial charge on any atom is 0.254 e. The van der Waals surface area contributed by atoms with E-state index >= 15 is 0 Å². The van der Waals surface area contributed by atoms with Crippen LogP contribution in [0.25, 0.3) is 0 Å². The van der Waals surface area contributed by atoms with Crippen molar-refractivity contribution in [2.75, 3.05) is 0 Å². The summed E-state index contributed by atoms with van der Waals surface area (Å²) in [5.74, 6) is -0.996. The minimum absolute atomic E-state index is 0.00284. The summed E-state index contributed by atoms with van der Waals surface area (Å²) in [4.78, 5) is 18.1. The Hall–Kier alpha value is -1.46. The van der Waals surface area contributed by atoms with Crippen LogP contribution >= 0.6 is 22.9 Å². The first-order valence-electron chi connectivity index (χ1n) is 6.13. The van der Waals surface area contributed by atoms with E-state index in [0.717, 1.165) is 18.7 Å². The number of thiophene rings is 1. The Balaban J connectivity index is 2.02. The Morgan fingerprint density at radius 1 is 1.55 bits per heavy atom. The van der Waals surface area contributed by atoms with Crippen LogP contribution in [0.2, 0.25) is 5.15 Å². The normalized spacial score (nSPS) is 12.2. The number of amides is 1. The van der Waals surface area contributed by atoms with E-state index in [9.17, 15) is 9.18 Å². The number of carbonyl (C=O) groups excluding carboxylic acids is 1. The number of carbonyl (C=O) groups is 1. The fourth-order valence-corrected chi connectivity index (χ4v) is 3.04. The average Bonchev–Trinajstić information content (AvgIpc) is 2.77. The molecule has 2 heterocycles. The molecule has 0 aliphatic heterocycles. The fraction of sp³-hybridized carbons (Fsp3) is 0.286. The molecule has 2 aromatic heterocycles. The van der Waals surface area contributed by atoms with Gasteiger partial charge < -0.3 is 5.32 Å². The lowest BCUT2D eigenvalue weighted by Gasteiger charge is -2.13. The van der Waals surface area contributed by atoms with Crippen molar-refractivity contribution in [3.8, 4) is 0 Å². The molecule has 0 aliphatic rings. The van der Waals surface area contributed by atoms with E-state index in [1.54, 1.807) is 11.3 Å². The molecule has 0 radical (unpaired) electrons. The predicted octanol–water partition coefficient (Wildman–Crippen LogP) is 3.61. The summed E-state index contributed by atoms with van der Waals surface area (Å²) in [6.07, 6.45) is 1.71. The second-order valence-corrected chi connectivity index (χ2v) is 6.31. The maximum atomic E-state index is 13.1. The van der Waals surface area contributed by atoms with Gasteiger partial charge in [0.1, 0.15) is 11.0 Å². The first-order valence-corrected chi connectivity index (χ1v) is 7.32. The van der Waals surface area contributed by atoms with Crippen molar-refractivity contribution in [2.24, 2.45) is 0 Å². The zero-order valence-electron chi connectivity index (χ0n) is 11.1. The molecule has 0 saturated carbocycles. The third kappa shape index (κ3) is 3.77. The van der Waals surface area contributed by atoms with Gasteiger partial charge in [0.2, 0.25) is 0 Å². The molecule has 20 heavy (non-hydrogen) atoms. The zero-order valence-corrected chi connectivity index (χ0v) is 12.7. The van der Waals surface area contributed by atoms with E-state index in [0.29, 0.717) is 0 Å². The van der Waals surface area contributed by atoms with Gasteiger partial charge in [-0.3, -0.25) is 4.79 Å². The van der Waals surface area contributed by atoms with Crippen LogP contribution in [0.5, 0.6) is 0 Å². The lowest BCUT2D eigenvalue weighted by Crippen LogP contribution is -2.34. The van der Waals surface area contributed by atoms with Crippen LogP contribution in [-0.4, -0.2) is 16.9 Å². The van der Waals surface area contributed by atoms with E-state index in [1.165, 1.54) is 9.75 Å². The van der Waals surface area contributed by atoms with Crippen molar-refractivity contribution in [3.05, 3.63) is 50.7 Å². The van der Waals surface area contributed by atoms with Crippen molar-refractivity contribution in [1.82, 2.24) is 10.3 Å². The van der Waals surface area contributed by atoms with E-state index < -0.39 is 11.7 Å². The highest BCUT2D eigenvalue weighted by Crippen LogP contribution is 2.17. The van der Waals surface area contributed by atoms with Gasteiger partial charge >= 0.3 is 0 Å². The van der Waals surface area contributed by atoms with Gasteiger partial charge in [0.05, 0.1) is 11.8 Å². The summed E-state index contributed by atoms with van der Waals surface area (Å²) in [6, 6.07) is 5.11. The Morgan fingerprint density at radius 3 is 2.95 bits per heavy atom. The lowest BCUT2D eigenvalue weighted by molar-refractivity contribution is 0.0939. The zero-order chi connectivity index (χ0) is 14.7. The molecular formula is C14H14ClFN2OS. The molecule has 0 spiro atoms. The second kappa shape index (κ2) is 6.33. The number of hydrogen-bond acceptors (Lipinski definition) is 3. The summed E-state index contributed by atoms with van der Waals surface area (Å²) >= 11 is 7.50. The number of aryl methyl sites for hydroxylation is 1. The van der Waals surface area contributed by atoms with E-state index in [2.05, 4.69) is 10.3 Å². The Bertz CT molecular complexity index is 629. The molecule has 0 fully saturated rings. The van der Waals surface area contributed by atoms with Crippen LogP contribution in [0.1, 0.15) is 27.0 Å². The summed E-state index contributed by atoms with van der Waals surface area (Å²) < 4.78 is 13.1. The molecule has 0 aliphatic carbocycles. The molecule has 1 atom stereocenters. The van der Waals surface area contributed by atoms with Gasteiger partial charge in [-0.2, -0.15) is 0 Å². The summed E-state index contributed by atoms with van der Waals surface area (Å²) in [5.41, 5.74) is 0.0564. The fourth-order valence-electron chi connectivity index (χ4n) is 1.83. The number of nitrogens with one attached hydrogen (secondary N) is 1. The van der Waals surface area contributed by atoms with Crippen molar-refractivity contribution >= 4 is 28.8 Å². The highest BCUT2D eigenvalue weighted by atomic mass is 35.5. The molecule has 6 heteroatoms. The van der Waals surface area contributed by atoms with E-state index in [4.69, 9.17) is 11.6 Å². The third-order valence-corrected chi connectivity index (χ3v) is 4.06. The van der Waals surface area contributed by atoms with Crippen molar-refractivity contribution in [1.29, 1.82) is 0 Å². The van der Waals surface area contributed by atoms with Crippen LogP contribution in [0, 0.1) is 12.7 Å². The van der Waals surface area contributed by atoms with Crippen LogP contribution in [0.15, 0.2) is 24.4 Å². The number of nitrogens with zero attached hydrogens (tertiary/aromatic N) is 1. The lowest BCUT2D eigenvalue weighted by atomic mass is 10.2. The highest BCUT2D eigenvalue weighted by molar-refractivity contribution is 7.11. The minimum atomic E-state index is -0.582. The summed E-state index contributed by atoms with van der Waals surface area (Å²) in [7, 11) is 0. The largest absolute Gasteiger partial charge is 0.349 e. The summed E-state index contributed by atoms with van der Waals surface area (Å²) in [5, 5.41) is 2.80. The van der Waals surface area contributed by atoms with Gasteiger partial charge in [-0.1, -0.05) is 11.6 Å². The SMILES string of the molecule is Cc1ccc(CC(C)NC(=O)c2cc(F)cnc2Cl)s1. The van der Waals surface area contributed by atoms with Crippen molar-refractivity contribution < 1.29 is 9.18 Å². The summed E-state index contributed by atoms with van der Waals surface area (Å²) in [6.45, 7) is 3.93. The molecule has 1 N–H and O–H groups in total. The molecule has 2 rings (SSSR count). The molecule has 0 saturated heterocycles. The smallest absolute Gasteiger partial charge is 0.254 e. The number of rotatable bonds is 4. The molecule has 106 valence electrons. The van der Waals surface area contributed by atoms with Gasteiger partial charge in [0, 0.05) is 22.2 Å². The Labute approximate surface area is 125 Å². The molecule has 3 nitrogen and oxygen atoms in total. The van der Waals surface area contributed by atoms with Gasteiger partial charge in [-0.25, -0.2) is 9.37 Å². The average molecular weight is 313 g/mol. The molecule has 1 amide bonds. The number of hydrogen-bond donors (Lipinski definition) is 1. The molecule has 0 bridgehead atoms. The van der Waals surface area contributed by atoms with Crippen molar-refractivity contribution in [2.45, 2.75) is 26.3 Å². The van der Waals surface area contributed by atoms with Crippen LogP contribution in [0.3, 0.4) is 0 Å². The third-order valence-electron chi connectivity index (χ3n) is 2.73. The van der Waals surface area contributed by atoms with Gasteiger partial charge in [0.15, 0.2) is 0 Å². The topological polar surface area (TPSA) is 42.0 Å². The van der Waals surface area contributed by atoms with E-state index in [1.807, 2.05) is 26.0 Å². The van der Waals surface area contributed by atoms with Crippen LogP contribution < -0.4 is 5.32 Å². The molecule has 1 unspecified atom stereocenters. The van der Waals surface area contributed by atoms with Gasteiger partial charge in [-0.05, 0) is 32.0 Å². The quantitative estimate of drug-likeness (QED) is 0.876. The monoisotopic (exact) mass is 312 g/mol. The number of aromatic nitrogens is 1. The van der Waals surface area contributed by atoms with E-state index in [-0.39, 0.29) is 16.8 Å². The number of pyridine rings is 1. The first-order chi connectivity index (χ1) is 9.45. The maximum absolute atomic E-state index is 13.1. The van der Waals surface area contributed by atoms with Gasteiger partial charge in [0.25, 0.3) is 5.91 Å². The Kier molecular flexibility index (Phi) is 4.73. The molecule has 2 aromatic rings. The predicted molar refractivity (Wildman–Crippen MR) is 78.9 cm³/mol. The second-order valence-electron chi connectivity index (χ2n) is 4.58. The minimum Gasteiger partial charge on any atom is -0.349 e. The number of halogens is 2. The van der Waals surface area contributed by atoms with Gasteiger partial charge in [-0.15, -0.1) is 11.3 Å².